The SMILES string of the molecule is CCC(C)C(=O)c1cc(Br)ccc1F. The predicted molar refractivity (Wildman–Crippen MR) is 57.9 cm³/mol. The van der Waals surface area contributed by atoms with E-state index in [1.165, 1.54) is 12.1 Å². The van der Waals surface area contributed by atoms with E-state index in [0.29, 0.717) is 0 Å². The van der Waals surface area contributed by atoms with Gasteiger partial charge < -0.3 is 0 Å². The molecule has 1 unspecified atom stereocenters. The summed E-state index contributed by atoms with van der Waals surface area (Å²) in [7, 11) is 0. The summed E-state index contributed by atoms with van der Waals surface area (Å²) in [5, 5.41) is 0. The van der Waals surface area contributed by atoms with Crippen molar-refractivity contribution in [1.29, 1.82) is 0 Å². The van der Waals surface area contributed by atoms with Crippen LogP contribution in [0.2, 0.25) is 0 Å². The lowest BCUT2D eigenvalue weighted by atomic mass is 9.97. The number of ketones is 1. The van der Waals surface area contributed by atoms with Crippen molar-refractivity contribution in [1.82, 2.24) is 0 Å². The number of hydrogen-bond donors (Lipinski definition) is 0. The van der Waals surface area contributed by atoms with E-state index in [-0.39, 0.29) is 17.3 Å². The van der Waals surface area contributed by atoms with E-state index in [4.69, 9.17) is 0 Å². The maximum absolute atomic E-state index is 13.3. The van der Waals surface area contributed by atoms with Gasteiger partial charge in [0.25, 0.3) is 0 Å². The molecule has 0 aliphatic carbocycles. The summed E-state index contributed by atoms with van der Waals surface area (Å²) >= 11 is 3.22. The largest absolute Gasteiger partial charge is 0.294 e. The van der Waals surface area contributed by atoms with Gasteiger partial charge in [0, 0.05) is 10.4 Å². The molecule has 0 heterocycles. The quantitative estimate of drug-likeness (QED) is 0.754. The summed E-state index contributed by atoms with van der Waals surface area (Å²) in [4.78, 5) is 11.7. The van der Waals surface area contributed by atoms with Gasteiger partial charge in [-0.25, -0.2) is 4.39 Å². The van der Waals surface area contributed by atoms with Gasteiger partial charge in [-0.05, 0) is 24.6 Å². The van der Waals surface area contributed by atoms with Gasteiger partial charge >= 0.3 is 0 Å². The van der Waals surface area contributed by atoms with Gasteiger partial charge in [0.05, 0.1) is 5.56 Å². The van der Waals surface area contributed by atoms with E-state index >= 15 is 0 Å². The lowest BCUT2D eigenvalue weighted by Gasteiger charge is -2.08. The van der Waals surface area contributed by atoms with Gasteiger partial charge in [0.2, 0.25) is 0 Å². The molecule has 0 aliphatic rings. The fraction of sp³-hybridized carbons (Fsp3) is 0.364. The van der Waals surface area contributed by atoms with Gasteiger partial charge in [-0.1, -0.05) is 29.8 Å². The second-order valence-electron chi connectivity index (χ2n) is 3.30. The van der Waals surface area contributed by atoms with Crippen LogP contribution < -0.4 is 0 Å². The van der Waals surface area contributed by atoms with Crippen LogP contribution in [-0.2, 0) is 0 Å². The average Bonchev–Trinajstić information content (AvgIpc) is 2.19. The standard InChI is InChI=1S/C11H12BrFO/c1-3-7(2)11(14)9-6-8(12)4-5-10(9)13/h4-7H,3H2,1-2H3. The fourth-order valence-electron chi connectivity index (χ4n) is 1.14. The van der Waals surface area contributed by atoms with Crippen LogP contribution in [0, 0.1) is 11.7 Å². The van der Waals surface area contributed by atoms with Crippen LogP contribution in [0.15, 0.2) is 22.7 Å². The molecule has 1 aromatic carbocycles. The molecule has 0 radical (unpaired) electrons. The summed E-state index contributed by atoms with van der Waals surface area (Å²) in [5.74, 6) is -0.705. The van der Waals surface area contributed by atoms with Crippen molar-refractivity contribution in [2.75, 3.05) is 0 Å². The molecule has 0 aromatic heterocycles. The summed E-state index contributed by atoms with van der Waals surface area (Å²) < 4.78 is 14.0. The van der Waals surface area contributed by atoms with Crippen molar-refractivity contribution in [3.8, 4) is 0 Å². The summed E-state index contributed by atoms with van der Waals surface area (Å²) in [5.41, 5.74) is 0.175. The minimum absolute atomic E-state index is 0.126. The van der Waals surface area contributed by atoms with E-state index in [1.807, 2.05) is 13.8 Å². The Morgan fingerprint density at radius 3 is 2.79 bits per heavy atom. The predicted octanol–water partition coefficient (Wildman–Crippen LogP) is 3.82. The molecule has 0 fully saturated rings. The Labute approximate surface area is 91.5 Å². The van der Waals surface area contributed by atoms with Crippen LogP contribution >= 0.6 is 15.9 Å². The molecule has 0 bridgehead atoms. The van der Waals surface area contributed by atoms with Crippen molar-refractivity contribution in [2.45, 2.75) is 20.3 Å². The Morgan fingerprint density at radius 1 is 1.57 bits per heavy atom. The molecule has 0 saturated heterocycles. The molecule has 1 nitrogen and oxygen atoms in total. The molecule has 14 heavy (non-hydrogen) atoms. The van der Waals surface area contributed by atoms with Gasteiger partial charge in [-0.15, -0.1) is 0 Å². The first-order chi connectivity index (χ1) is 6.56. The Bertz CT molecular complexity index is 349. The first-order valence-electron chi connectivity index (χ1n) is 4.55. The van der Waals surface area contributed by atoms with E-state index in [2.05, 4.69) is 15.9 Å². The van der Waals surface area contributed by atoms with E-state index in [1.54, 1.807) is 6.07 Å². The highest BCUT2D eigenvalue weighted by atomic mass is 79.9. The first kappa shape index (κ1) is 11.4. The summed E-state index contributed by atoms with van der Waals surface area (Å²) in [6, 6.07) is 4.42. The highest BCUT2D eigenvalue weighted by molar-refractivity contribution is 9.10. The first-order valence-corrected chi connectivity index (χ1v) is 5.34. The summed E-state index contributed by atoms with van der Waals surface area (Å²) in [6.07, 6.45) is 0.727. The number of rotatable bonds is 3. The maximum atomic E-state index is 13.3. The second-order valence-corrected chi connectivity index (χ2v) is 4.21. The topological polar surface area (TPSA) is 17.1 Å². The van der Waals surface area contributed by atoms with Gasteiger partial charge in [0.1, 0.15) is 5.82 Å². The molecule has 0 spiro atoms. The third-order valence-electron chi connectivity index (χ3n) is 2.25. The zero-order valence-electron chi connectivity index (χ0n) is 8.18. The van der Waals surface area contributed by atoms with Crippen LogP contribution in [-0.4, -0.2) is 5.78 Å². The highest BCUT2D eigenvalue weighted by Gasteiger charge is 2.17. The number of carbonyl (C=O) groups excluding carboxylic acids is 1. The minimum atomic E-state index is -0.446. The van der Waals surface area contributed by atoms with Gasteiger partial charge in [-0.2, -0.15) is 0 Å². The lowest BCUT2D eigenvalue weighted by Crippen LogP contribution is -2.12. The number of halogens is 2. The number of carbonyl (C=O) groups is 1. The average molecular weight is 259 g/mol. The minimum Gasteiger partial charge on any atom is -0.294 e. The second kappa shape index (κ2) is 4.69. The highest BCUT2D eigenvalue weighted by Crippen LogP contribution is 2.19. The Hall–Kier alpha value is -0.700. The van der Waals surface area contributed by atoms with Crippen LogP contribution in [0.3, 0.4) is 0 Å². The van der Waals surface area contributed by atoms with Crippen LogP contribution in [0.5, 0.6) is 0 Å². The van der Waals surface area contributed by atoms with Gasteiger partial charge in [0.15, 0.2) is 5.78 Å². The molecule has 0 amide bonds. The molecule has 3 heteroatoms. The summed E-state index contributed by atoms with van der Waals surface area (Å²) in [6.45, 7) is 3.72. The van der Waals surface area contributed by atoms with E-state index in [0.717, 1.165) is 10.9 Å². The van der Waals surface area contributed by atoms with Crippen LogP contribution in [0.4, 0.5) is 4.39 Å². The zero-order valence-corrected chi connectivity index (χ0v) is 9.77. The fourth-order valence-corrected chi connectivity index (χ4v) is 1.50. The van der Waals surface area contributed by atoms with Crippen LogP contribution in [0.1, 0.15) is 30.6 Å². The Kier molecular flexibility index (Phi) is 3.81. The van der Waals surface area contributed by atoms with Crippen LogP contribution in [0.25, 0.3) is 0 Å². The third-order valence-corrected chi connectivity index (χ3v) is 2.75. The molecule has 0 aliphatic heterocycles. The Morgan fingerprint density at radius 2 is 2.21 bits per heavy atom. The monoisotopic (exact) mass is 258 g/mol. The number of hydrogen-bond acceptors (Lipinski definition) is 1. The smallest absolute Gasteiger partial charge is 0.168 e. The molecule has 76 valence electrons. The lowest BCUT2D eigenvalue weighted by molar-refractivity contribution is 0.0923. The third kappa shape index (κ3) is 2.41. The molecule has 0 N–H and O–H groups in total. The van der Waals surface area contributed by atoms with Gasteiger partial charge in [-0.3, -0.25) is 4.79 Å². The molecular formula is C11H12BrFO. The van der Waals surface area contributed by atoms with Crippen molar-refractivity contribution < 1.29 is 9.18 Å². The number of Topliss-reactive ketones (excluding diaryl/α,β-unsaturated/α-hetero) is 1. The van der Waals surface area contributed by atoms with Crippen molar-refractivity contribution in [3.05, 3.63) is 34.1 Å². The van der Waals surface area contributed by atoms with Crippen molar-refractivity contribution in [2.24, 2.45) is 5.92 Å². The number of benzene rings is 1. The van der Waals surface area contributed by atoms with E-state index < -0.39 is 5.82 Å². The molecule has 1 atom stereocenters. The Balaban J connectivity index is 3.06. The molecular weight excluding hydrogens is 247 g/mol. The van der Waals surface area contributed by atoms with Crippen molar-refractivity contribution in [3.63, 3.8) is 0 Å². The van der Waals surface area contributed by atoms with Crippen molar-refractivity contribution >= 4 is 21.7 Å². The maximum Gasteiger partial charge on any atom is 0.168 e. The molecule has 0 saturated carbocycles. The van der Waals surface area contributed by atoms with E-state index in [9.17, 15) is 9.18 Å². The molecule has 1 aromatic rings. The zero-order chi connectivity index (χ0) is 10.7. The molecule has 1 rings (SSSR count). The normalized spacial score (nSPS) is 12.6.